The molecule has 1 aliphatic heterocycles. The number of aliphatic hydroxyl groups excluding tert-OH is 1. The van der Waals surface area contributed by atoms with Crippen molar-refractivity contribution < 1.29 is 5.11 Å². The SMILES string of the molecule is OCCCCCN1CCc2sccc2C1. The van der Waals surface area contributed by atoms with E-state index in [0.717, 1.165) is 19.4 Å². The minimum atomic E-state index is 0.342. The number of hydrogen-bond donors (Lipinski definition) is 1. The summed E-state index contributed by atoms with van der Waals surface area (Å²) in [5, 5.41) is 10.9. The lowest BCUT2D eigenvalue weighted by Crippen LogP contribution is -2.30. The molecule has 2 heterocycles. The van der Waals surface area contributed by atoms with Crippen LogP contribution in [0.5, 0.6) is 0 Å². The Labute approximate surface area is 95.5 Å². The van der Waals surface area contributed by atoms with Crippen molar-refractivity contribution in [2.75, 3.05) is 19.7 Å². The van der Waals surface area contributed by atoms with E-state index in [9.17, 15) is 0 Å². The minimum Gasteiger partial charge on any atom is -0.396 e. The molecule has 1 aliphatic rings. The molecule has 2 nitrogen and oxygen atoms in total. The van der Waals surface area contributed by atoms with E-state index < -0.39 is 0 Å². The van der Waals surface area contributed by atoms with Crippen molar-refractivity contribution in [1.82, 2.24) is 4.90 Å². The van der Waals surface area contributed by atoms with Crippen molar-refractivity contribution in [3.63, 3.8) is 0 Å². The standard InChI is InChI=1S/C12H19NOS/c14-8-3-1-2-6-13-7-4-12-11(10-13)5-9-15-12/h5,9,14H,1-4,6-8,10H2. The number of unbranched alkanes of at least 4 members (excludes halogenated alkanes) is 2. The molecule has 0 saturated heterocycles. The molecule has 3 heteroatoms. The molecular formula is C12H19NOS. The van der Waals surface area contributed by atoms with Gasteiger partial charge in [-0.3, -0.25) is 4.90 Å². The quantitative estimate of drug-likeness (QED) is 0.777. The number of aliphatic hydroxyl groups is 1. The first-order chi connectivity index (χ1) is 7.40. The van der Waals surface area contributed by atoms with Crippen molar-refractivity contribution in [2.45, 2.75) is 32.2 Å². The molecule has 0 spiro atoms. The molecule has 0 aliphatic carbocycles. The minimum absolute atomic E-state index is 0.342. The summed E-state index contributed by atoms with van der Waals surface area (Å²) in [5.74, 6) is 0. The van der Waals surface area contributed by atoms with E-state index >= 15 is 0 Å². The maximum atomic E-state index is 8.69. The van der Waals surface area contributed by atoms with Gasteiger partial charge >= 0.3 is 0 Å². The van der Waals surface area contributed by atoms with Crippen LogP contribution in [-0.4, -0.2) is 29.7 Å². The van der Waals surface area contributed by atoms with Crippen LogP contribution in [0.2, 0.25) is 0 Å². The molecule has 0 amide bonds. The molecule has 0 bridgehead atoms. The second-order valence-corrected chi connectivity index (χ2v) is 5.18. The second kappa shape index (κ2) is 5.64. The second-order valence-electron chi connectivity index (χ2n) is 4.18. The van der Waals surface area contributed by atoms with Gasteiger partial charge in [0.25, 0.3) is 0 Å². The fourth-order valence-electron chi connectivity index (χ4n) is 2.12. The molecule has 1 N–H and O–H groups in total. The normalized spacial score (nSPS) is 16.6. The summed E-state index contributed by atoms with van der Waals surface area (Å²) in [6, 6.07) is 2.26. The Morgan fingerprint density at radius 2 is 2.27 bits per heavy atom. The van der Waals surface area contributed by atoms with Crippen molar-refractivity contribution in [2.24, 2.45) is 0 Å². The van der Waals surface area contributed by atoms with Gasteiger partial charge in [0.05, 0.1) is 0 Å². The zero-order chi connectivity index (χ0) is 10.5. The Hall–Kier alpha value is -0.380. The third-order valence-electron chi connectivity index (χ3n) is 3.02. The molecule has 2 rings (SSSR count). The highest BCUT2D eigenvalue weighted by Crippen LogP contribution is 2.23. The third-order valence-corrected chi connectivity index (χ3v) is 4.04. The van der Waals surface area contributed by atoms with Crippen molar-refractivity contribution in [3.8, 4) is 0 Å². The molecule has 1 aromatic heterocycles. The van der Waals surface area contributed by atoms with E-state index in [0.29, 0.717) is 6.61 Å². The lowest BCUT2D eigenvalue weighted by molar-refractivity contribution is 0.240. The summed E-state index contributed by atoms with van der Waals surface area (Å²) >= 11 is 1.90. The first-order valence-corrected chi connectivity index (χ1v) is 6.66. The van der Waals surface area contributed by atoms with Crippen LogP contribution in [0.1, 0.15) is 29.7 Å². The largest absolute Gasteiger partial charge is 0.396 e. The van der Waals surface area contributed by atoms with E-state index in [1.54, 1.807) is 4.88 Å². The van der Waals surface area contributed by atoms with E-state index in [1.807, 2.05) is 11.3 Å². The zero-order valence-electron chi connectivity index (χ0n) is 9.11. The van der Waals surface area contributed by atoms with Gasteiger partial charge < -0.3 is 5.11 Å². The van der Waals surface area contributed by atoms with Gasteiger partial charge in [-0.05, 0) is 49.2 Å². The summed E-state index contributed by atoms with van der Waals surface area (Å²) in [4.78, 5) is 4.12. The van der Waals surface area contributed by atoms with Crippen LogP contribution in [0.4, 0.5) is 0 Å². The molecule has 0 fully saturated rings. The monoisotopic (exact) mass is 225 g/mol. The summed E-state index contributed by atoms with van der Waals surface area (Å²) in [6.07, 6.45) is 4.56. The van der Waals surface area contributed by atoms with Gasteiger partial charge in [-0.25, -0.2) is 0 Å². The predicted octanol–water partition coefficient (Wildman–Crippen LogP) is 2.27. The van der Waals surface area contributed by atoms with Gasteiger partial charge in [0.15, 0.2) is 0 Å². The van der Waals surface area contributed by atoms with Crippen LogP contribution in [0.15, 0.2) is 11.4 Å². The van der Waals surface area contributed by atoms with Crippen LogP contribution in [0.3, 0.4) is 0 Å². The van der Waals surface area contributed by atoms with Crippen LogP contribution < -0.4 is 0 Å². The maximum Gasteiger partial charge on any atom is 0.0431 e. The highest BCUT2D eigenvalue weighted by Gasteiger charge is 2.15. The van der Waals surface area contributed by atoms with Crippen molar-refractivity contribution in [3.05, 3.63) is 21.9 Å². The highest BCUT2D eigenvalue weighted by atomic mass is 32.1. The van der Waals surface area contributed by atoms with Crippen molar-refractivity contribution in [1.29, 1.82) is 0 Å². The number of nitrogens with zero attached hydrogens (tertiary/aromatic N) is 1. The maximum absolute atomic E-state index is 8.69. The average Bonchev–Trinajstić information content (AvgIpc) is 2.71. The Morgan fingerprint density at radius 1 is 1.33 bits per heavy atom. The Bertz CT molecular complexity index is 298. The summed E-state index contributed by atoms with van der Waals surface area (Å²) in [6.45, 7) is 3.88. The van der Waals surface area contributed by atoms with Gasteiger partial charge in [0, 0.05) is 24.6 Å². The Morgan fingerprint density at radius 3 is 3.13 bits per heavy atom. The molecule has 15 heavy (non-hydrogen) atoms. The van der Waals surface area contributed by atoms with E-state index in [-0.39, 0.29) is 0 Å². The molecule has 0 aromatic carbocycles. The topological polar surface area (TPSA) is 23.5 Å². The van der Waals surface area contributed by atoms with Crippen LogP contribution in [-0.2, 0) is 13.0 Å². The number of fused-ring (bicyclic) bond motifs is 1. The van der Waals surface area contributed by atoms with Crippen molar-refractivity contribution >= 4 is 11.3 Å². The highest BCUT2D eigenvalue weighted by molar-refractivity contribution is 7.10. The Balaban J connectivity index is 1.73. The molecule has 84 valence electrons. The predicted molar refractivity (Wildman–Crippen MR) is 64.2 cm³/mol. The number of thiophene rings is 1. The fourth-order valence-corrected chi connectivity index (χ4v) is 3.01. The number of rotatable bonds is 5. The lowest BCUT2D eigenvalue weighted by Gasteiger charge is -2.26. The van der Waals surface area contributed by atoms with E-state index in [1.165, 1.54) is 31.5 Å². The molecular weight excluding hydrogens is 206 g/mol. The van der Waals surface area contributed by atoms with Gasteiger partial charge in [-0.15, -0.1) is 11.3 Å². The van der Waals surface area contributed by atoms with Gasteiger partial charge in [-0.2, -0.15) is 0 Å². The first-order valence-electron chi connectivity index (χ1n) is 5.78. The van der Waals surface area contributed by atoms with Crippen LogP contribution in [0, 0.1) is 0 Å². The van der Waals surface area contributed by atoms with Gasteiger partial charge in [0.2, 0.25) is 0 Å². The molecule has 1 aromatic rings. The Kier molecular flexibility index (Phi) is 4.18. The lowest BCUT2D eigenvalue weighted by atomic mass is 10.1. The van der Waals surface area contributed by atoms with Gasteiger partial charge in [-0.1, -0.05) is 0 Å². The third kappa shape index (κ3) is 3.03. The number of hydrogen-bond acceptors (Lipinski definition) is 3. The van der Waals surface area contributed by atoms with E-state index in [2.05, 4.69) is 16.3 Å². The summed E-state index contributed by atoms with van der Waals surface area (Å²) in [5.41, 5.74) is 1.54. The van der Waals surface area contributed by atoms with Crippen LogP contribution in [0.25, 0.3) is 0 Å². The molecule has 0 radical (unpaired) electrons. The van der Waals surface area contributed by atoms with Gasteiger partial charge in [0.1, 0.15) is 0 Å². The molecule has 0 atom stereocenters. The summed E-state index contributed by atoms with van der Waals surface area (Å²) in [7, 11) is 0. The molecule has 0 saturated carbocycles. The summed E-state index contributed by atoms with van der Waals surface area (Å²) < 4.78 is 0. The van der Waals surface area contributed by atoms with E-state index in [4.69, 9.17) is 5.11 Å². The molecule has 0 unspecified atom stereocenters. The van der Waals surface area contributed by atoms with Crippen LogP contribution >= 0.6 is 11.3 Å². The zero-order valence-corrected chi connectivity index (χ0v) is 9.93. The average molecular weight is 225 g/mol. The fraction of sp³-hybridized carbons (Fsp3) is 0.667. The smallest absolute Gasteiger partial charge is 0.0431 e. The first kappa shape index (κ1) is 11.1.